The molecule has 0 saturated heterocycles. The van der Waals surface area contributed by atoms with Crippen LogP contribution in [0.2, 0.25) is 5.02 Å². The number of Topliss-reactive ketones (excluding diaryl/α,β-unsaturated/α-hetero) is 1. The van der Waals surface area contributed by atoms with E-state index in [9.17, 15) is 9.18 Å². The van der Waals surface area contributed by atoms with Gasteiger partial charge in [-0.15, -0.1) is 11.8 Å². The number of carbonyl (C=O) groups excluding carboxylic acids is 1. The van der Waals surface area contributed by atoms with Crippen molar-refractivity contribution in [3.63, 3.8) is 0 Å². The third kappa shape index (κ3) is 2.72. The van der Waals surface area contributed by atoms with Crippen LogP contribution in [-0.2, 0) is 11.2 Å². The van der Waals surface area contributed by atoms with E-state index in [4.69, 9.17) is 11.6 Å². The average molecular weight is 233 g/mol. The molecule has 0 aromatic heterocycles. The molecule has 1 nitrogen and oxygen atoms in total. The van der Waals surface area contributed by atoms with Crippen molar-refractivity contribution in [2.45, 2.75) is 18.2 Å². The molecule has 0 saturated carbocycles. The number of benzene rings is 1. The van der Waals surface area contributed by atoms with E-state index in [-0.39, 0.29) is 18.0 Å². The summed E-state index contributed by atoms with van der Waals surface area (Å²) in [6.45, 7) is 1.47. The van der Waals surface area contributed by atoms with Gasteiger partial charge in [-0.2, -0.15) is 0 Å². The van der Waals surface area contributed by atoms with E-state index in [2.05, 4.69) is 0 Å². The fraction of sp³-hybridized carbons (Fsp3) is 0.300. The van der Waals surface area contributed by atoms with Crippen molar-refractivity contribution in [3.8, 4) is 0 Å². The van der Waals surface area contributed by atoms with Crippen molar-refractivity contribution in [1.29, 1.82) is 0 Å². The molecule has 0 unspecified atom stereocenters. The first-order valence-electron chi connectivity index (χ1n) is 4.06. The first-order valence-corrected chi connectivity index (χ1v) is 5.66. The smallest absolute Gasteiger partial charge is 0.138 e. The Bertz CT molecular complexity index is 342. The summed E-state index contributed by atoms with van der Waals surface area (Å²) in [6.07, 6.45) is 1.99. The maximum absolute atomic E-state index is 13.3. The van der Waals surface area contributed by atoms with E-state index in [0.29, 0.717) is 15.5 Å². The minimum absolute atomic E-state index is 0.00244. The SMILES string of the molecule is CSc1c(F)cc(CC(C)=O)cc1Cl. The van der Waals surface area contributed by atoms with Gasteiger partial charge in [-0.1, -0.05) is 11.6 Å². The first kappa shape index (κ1) is 11.5. The van der Waals surface area contributed by atoms with Gasteiger partial charge in [0.05, 0.1) is 9.92 Å². The van der Waals surface area contributed by atoms with Crippen molar-refractivity contribution in [3.05, 3.63) is 28.5 Å². The van der Waals surface area contributed by atoms with Crippen LogP contribution in [0.4, 0.5) is 4.39 Å². The van der Waals surface area contributed by atoms with Gasteiger partial charge in [0.1, 0.15) is 11.6 Å². The summed E-state index contributed by atoms with van der Waals surface area (Å²) in [7, 11) is 0. The molecular weight excluding hydrogens is 223 g/mol. The zero-order chi connectivity index (χ0) is 10.7. The van der Waals surface area contributed by atoms with Crippen LogP contribution in [0.3, 0.4) is 0 Å². The van der Waals surface area contributed by atoms with Crippen molar-refractivity contribution in [2.24, 2.45) is 0 Å². The average Bonchev–Trinajstić information content (AvgIpc) is 2.01. The van der Waals surface area contributed by atoms with Gasteiger partial charge < -0.3 is 0 Å². The van der Waals surface area contributed by atoms with Crippen LogP contribution in [0, 0.1) is 5.82 Å². The number of thioether (sulfide) groups is 1. The van der Waals surface area contributed by atoms with Crippen LogP contribution < -0.4 is 0 Å². The molecular formula is C10H10ClFOS. The lowest BCUT2D eigenvalue weighted by atomic mass is 10.1. The lowest BCUT2D eigenvalue weighted by Crippen LogP contribution is -1.97. The van der Waals surface area contributed by atoms with Gasteiger partial charge in [-0.25, -0.2) is 4.39 Å². The van der Waals surface area contributed by atoms with E-state index in [1.807, 2.05) is 0 Å². The predicted molar refractivity (Wildman–Crippen MR) is 57.6 cm³/mol. The van der Waals surface area contributed by atoms with Crippen LogP contribution in [0.15, 0.2) is 17.0 Å². The summed E-state index contributed by atoms with van der Waals surface area (Å²) < 4.78 is 13.3. The third-order valence-corrected chi connectivity index (χ3v) is 2.95. The summed E-state index contributed by atoms with van der Waals surface area (Å²) in [6, 6.07) is 3.00. The molecule has 1 aromatic rings. The van der Waals surface area contributed by atoms with Gasteiger partial charge in [0.2, 0.25) is 0 Å². The second kappa shape index (κ2) is 4.80. The summed E-state index contributed by atoms with van der Waals surface area (Å²) in [5.41, 5.74) is 0.623. The standard InChI is InChI=1S/C10H10ClFOS/c1-6(13)3-7-4-8(11)10(14-2)9(12)5-7/h4-5H,3H2,1-2H3. The number of hydrogen-bond donors (Lipinski definition) is 0. The van der Waals surface area contributed by atoms with Gasteiger partial charge in [0, 0.05) is 6.42 Å². The lowest BCUT2D eigenvalue weighted by Gasteiger charge is -2.05. The Morgan fingerprint density at radius 3 is 2.64 bits per heavy atom. The highest BCUT2D eigenvalue weighted by Crippen LogP contribution is 2.29. The molecule has 0 N–H and O–H groups in total. The normalized spacial score (nSPS) is 10.3. The molecule has 0 aliphatic rings. The molecule has 0 radical (unpaired) electrons. The lowest BCUT2D eigenvalue weighted by molar-refractivity contribution is -0.116. The van der Waals surface area contributed by atoms with Crippen molar-refractivity contribution in [1.82, 2.24) is 0 Å². The topological polar surface area (TPSA) is 17.1 Å². The highest BCUT2D eigenvalue weighted by Gasteiger charge is 2.09. The molecule has 0 heterocycles. The summed E-state index contributed by atoms with van der Waals surface area (Å²) in [4.78, 5) is 11.2. The van der Waals surface area contributed by atoms with Crippen LogP contribution >= 0.6 is 23.4 Å². The maximum atomic E-state index is 13.3. The van der Waals surface area contributed by atoms with Crippen LogP contribution in [-0.4, -0.2) is 12.0 Å². The number of carbonyl (C=O) groups is 1. The minimum atomic E-state index is -0.360. The predicted octanol–water partition coefficient (Wildman–Crippen LogP) is 3.33. The number of rotatable bonds is 3. The zero-order valence-corrected chi connectivity index (χ0v) is 9.51. The van der Waals surface area contributed by atoms with Crippen molar-refractivity contribution < 1.29 is 9.18 Å². The highest BCUT2D eigenvalue weighted by atomic mass is 35.5. The molecule has 0 amide bonds. The third-order valence-electron chi connectivity index (χ3n) is 1.72. The molecule has 0 atom stereocenters. The van der Waals surface area contributed by atoms with Gasteiger partial charge in [0.25, 0.3) is 0 Å². The Morgan fingerprint density at radius 2 is 2.21 bits per heavy atom. The molecule has 0 bridgehead atoms. The van der Waals surface area contributed by atoms with Crippen LogP contribution in [0.1, 0.15) is 12.5 Å². The summed E-state index contributed by atoms with van der Waals surface area (Å²) >= 11 is 7.10. The van der Waals surface area contributed by atoms with E-state index in [1.54, 1.807) is 12.3 Å². The minimum Gasteiger partial charge on any atom is -0.300 e. The Kier molecular flexibility index (Phi) is 3.96. The maximum Gasteiger partial charge on any atom is 0.138 e. The van der Waals surface area contributed by atoms with Crippen LogP contribution in [0.25, 0.3) is 0 Å². The van der Waals surface area contributed by atoms with Gasteiger partial charge >= 0.3 is 0 Å². The molecule has 1 rings (SSSR count). The molecule has 1 aromatic carbocycles. The Hall–Kier alpha value is -0.540. The number of halogens is 2. The van der Waals surface area contributed by atoms with E-state index in [0.717, 1.165) is 0 Å². The molecule has 0 fully saturated rings. The van der Waals surface area contributed by atoms with Crippen molar-refractivity contribution >= 4 is 29.1 Å². The van der Waals surface area contributed by atoms with E-state index in [1.165, 1.54) is 24.8 Å². The van der Waals surface area contributed by atoms with Gasteiger partial charge in [-0.3, -0.25) is 4.79 Å². The molecule has 4 heteroatoms. The van der Waals surface area contributed by atoms with Crippen molar-refractivity contribution in [2.75, 3.05) is 6.26 Å². The Labute approximate surface area is 91.6 Å². The van der Waals surface area contributed by atoms with Crippen LogP contribution in [0.5, 0.6) is 0 Å². The first-order chi connectivity index (χ1) is 6.54. The van der Waals surface area contributed by atoms with E-state index >= 15 is 0 Å². The monoisotopic (exact) mass is 232 g/mol. The fourth-order valence-corrected chi connectivity index (χ4v) is 2.17. The van der Waals surface area contributed by atoms with E-state index < -0.39 is 0 Å². The molecule has 0 aliphatic heterocycles. The van der Waals surface area contributed by atoms with Gasteiger partial charge in [0.15, 0.2) is 0 Å². The largest absolute Gasteiger partial charge is 0.300 e. The summed E-state index contributed by atoms with van der Waals surface area (Å²) in [5.74, 6) is -0.362. The number of ketones is 1. The molecule has 0 spiro atoms. The molecule has 76 valence electrons. The molecule has 14 heavy (non-hydrogen) atoms. The Balaban J connectivity index is 3.07. The summed E-state index contributed by atoms with van der Waals surface area (Å²) in [5, 5.41) is 0.369. The Morgan fingerprint density at radius 1 is 1.57 bits per heavy atom. The second-order valence-electron chi connectivity index (χ2n) is 2.97. The number of hydrogen-bond acceptors (Lipinski definition) is 2. The molecule has 0 aliphatic carbocycles. The highest BCUT2D eigenvalue weighted by molar-refractivity contribution is 7.98. The zero-order valence-electron chi connectivity index (χ0n) is 7.93. The fourth-order valence-electron chi connectivity index (χ4n) is 1.20. The second-order valence-corrected chi connectivity index (χ2v) is 4.20. The van der Waals surface area contributed by atoms with Gasteiger partial charge in [-0.05, 0) is 30.9 Å². The quantitative estimate of drug-likeness (QED) is 0.744.